The number of nitrogens with zero attached hydrogens (tertiary/aromatic N) is 3. The number of aryl methyl sites for hydroxylation is 1. The van der Waals surface area contributed by atoms with Crippen LogP contribution in [-0.4, -0.2) is 39.1 Å². The molecule has 3 aliphatic rings. The summed E-state index contributed by atoms with van der Waals surface area (Å²) in [6.45, 7) is 4.51. The summed E-state index contributed by atoms with van der Waals surface area (Å²) in [5, 5.41) is 17.2. The number of aromatic nitrogens is 3. The molecular formula is C21H24N4O4. The molecule has 1 atom stereocenters. The van der Waals surface area contributed by atoms with Crippen LogP contribution in [-0.2, 0) is 11.2 Å². The molecule has 0 bridgehead atoms. The summed E-state index contributed by atoms with van der Waals surface area (Å²) in [6, 6.07) is 5.39. The third-order valence-electron chi connectivity index (χ3n) is 5.65. The molecule has 8 heteroatoms. The number of hydrogen-bond donors (Lipinski definition) is 2. The van der Waals surface area contributed by atoms with Crippen molar-refractivity contribution in [1.82, 2.24) is 14.8 Å². The van der Waals surface area contributed by atoms with Crippen LogP contribution >= 0.6 is 0 Å². The predicted molar refractivity (Wildman–Crippen MR) is 105 cm³/mol. The molecule has 3 heterocycles. The standard InChI is InChI=1S/C21H24N4O4/c1-21(2)9-13-18(14(27)10-21)19(12-5-6-15-16(8-12)29-11-28-15)25-20(22-13)23-17(24-25)4-3-7-26/h5-6,8,19,26H,3-4,7,9-11H2,1-2H3,(H,22,23,24). The van der Waals surface area contributed by atoms with Gasteiger partial charge in [0.1, 0.15) is 6.04 Å². The van der Waals surface area contributed by atoms with E-state index in [2.05, 4.69) is 29.2 Å². The second kappa shape index (κ2) is 6.59. The van der Waals surface area contributed by atoms with Gasteiger partial charge in [-0.25, -0.2) is 4.68 Å². The first-order valence-corrected chi connectivity index (χ1v) is 9.94. The number of benzene rings is 1. The van der Waals surface area contributed by atoms with Gasteiger partial charge < -0.3 is 19.9 Å². The van der Waals surface area contributed by atoms with E-state index in [4.69, 9.17) is 14.6 Å². The number of fused-ring (bicyclic) bond motifs is 2. The zero-order valence-electron chi connectivity index (χ0n) is 16.6. The van der Waals surface area contributed by atoms with E-state index in [9.17, 15) is 4.79 Å². The van der Waals surface area contributed by atoms with Crippen LogP contribution in [0.5, 0.6) is 11.5 Å². The van der Waals surface area contributed by atoms with Crippen molar-refractivity contribution in [3.05, 3.63) is 40.9 Å². The lowest BCUT2D eigenvalue weighted by atomic mass is 9.73. The highest BCUT2D eigenvalue weighted by atomic mass is 16.7. The Labute approximate surface area is 168 Å². The summed E-state index contributed by atoms with van der Waals surface area (Å²) in [5.41, 5.74) is 2.47. The maximum absolute atomic E-state index is 13.2. The van der Waals surface area contributed by atoms with Gasteiger partial charge >= 0.3 is 0 Å². The lowest BCUT2D eigenvalue weighted by Crippen LogP contribution is -2.36. The Morgan fingerprint density at radius 2 is 2.10 bits per heavy atom. The van der Waals surface area contributed by atoms with Gasteiger partial charge in [-0.2, -0.15) is 10.1 Å². The van der Waals surface area contributed by atoms with Crippen molar-refractivity contribution >= 4 is 11.7 Å². The van der Waals surface area contributed by atoms with Crippen molar-refractivity contribution in [2.75, 3.05) is 18.7 Å². The Kier molecular flexibility index (Phi) is 4.13. The number of rotatable bonds is 4. The molecule has 0 radical (unpaired) electrons. The summed E-state index contributed by atoms with van der Waals surface area (Å²) in [5.74, 6) is 2.79. The van der Waals surface area contributed by atoms with Crippen molar-refractivity contribution in [3.63, 3.8) is 0 Å². The fourth-order valence-corrected chi connectivity index (χ4v) is 4.39. The molecule has 2 aromatic rings. The molecule has 1 aromatic carbocycles. The van der Waals surface area contributed by atoms with E-state index in [0.717, 1.165) is 23.3 Å². The van der Waals surface area contributed by atoms with E-state index in [0.29, 0.717) is 42.5 Å². The number of ether oxygens (including phenoxy) is 2. The topological polar surface area (TPSA) is 98.5 Å². The molecule has 152 valence electrons. The summed E-state index contributed by atoms with van der Waals surface area (Å²) < 4.78 is 12.8. The zero-order chi connectivity index (χ0) is 20.2. The van der Waals surface area contributed by atoms with Crippen LogP contribution in [0.25, 0.3) is 0 Å². The number of allylic oxidation sites excluding steroid dienone is 2. The highest BCUT2D eigenvalue weighted by Gasteiger charge is 2.42. The highest BCUT2D eigenvalue weighted by molar-refractivity contribution is 6.00. The molecule has 0 fully saturated rings. The average Bonchev–Trinajstić information content (AvgIpc) is 3.29. The number of hydrogen-bond acceptors (Lipinski definition) is 7. The fourth-order valence-electron chi connectivity index (χ4n) is 4.39. The smallest absolute Gasteiger partial charge is 0.231 e. The predicted octanol–water partition coefficient (Wildman–Crippen LogP) is 2.59. The monoisotopic (exact) mass is 396 g/mol. The zero-order valence-corrected chi connectivity index (χ0v) is 16.6. The van der Waals surface area contributed by atoms with Gasteiger partial charge in [-0.1, -0.05) is 19.9 Å². The highest BCUT2D eigenvalue weighted by Crippen LogP contribution is 2.46. The second-order valence-corrected chi connectivity index (χ2v) is 8.60. The first-order chi connectivity index (χ1) is 13.9. The molecule has 2 aliphatic heterocycles. The van der Waals surface area contributed by atoms with Gasteiger partial charge in [0.25, 0.3) is 0 Å². The molecule has 2 N–H and O–H groups in total. The molecule has 29 heavy (non-hydrogen) atoms. The number of anilines is 1. The Bertz CT molecular complexity index is 1020. The summed E-state index contributed by atoms with van der Waals surface area (Å²) in [6.07, 6.45) is 2.44. The Hall–Kier alpha value is -2.87. The minimum atomic E-state index is -0.366. The fraction of sp³-hybridized carbons (Fsp3) is 0.476. The Morgan fingerprint density at radius 1 is 1.28 bits per heavy atom. The minimum Gasteiger partial charge on any atom is -0.454 e. The maximum Gasteiger partial charge on any atom is 0.231 e. The van der Waals surface area contributed by atoms with Gasteiger partial charge in [0.2, 0.25) is 12.7 Å². The summed E-state index contributed by atoms with van der Waals surface area (Å²) in [4.78, 5) is 17.8. The van der Waals surface area contributed by atoms with Crippen molar-refractivity contribution < 1.29 is 19.4 Å². The second-order valence-electron chi connectivity index (χ2n) is 8.60. The number of aliphatic hydroxyl groups excluding tert-OH is 1. The van der Waals surface area contributed by atoms with E-state index in [-0.39, 0.29) is 30.6 Å². The van der Waals surface area contributed by atoms with Gasteiger partial charge in [-0.05, 0) is 36.0 Å². The number of carbonyl (C=O) groups excluding carboxylic acids is 1. The molecule has 0 spiro atoms. The molecular weight excluding hydrogens is 372 g/mol. The lowest BCUT2D eigenvalue weighted by Gasteiger charge is -2.38. The van der Waals surface area contributed by atoms with Gasteiger partial charge in [-0.3, -0.25) is 4.79 Å². The number of ketones is 1. The SMILES string of the molecule is CC1(C)CC(=O)C2=C(C1)Nc1nc(CCCO)nn1C2c1ccc2c(c1)OCO2. The van der Waals surface area contributed by atoms with Crippen LogP contribution in [0.15, 0.2) is 29.5 Å². The number of nitrogens with one attached hydrogen (secondary N) is 1. The third-order valence-corrected chi connectivity index (χ3v) is 5.65. The molecule has 5 rings (SSSR count). The number of aliphatic hydroxyl groups is 1. The Morgan fingerprint density at radius 3 is 2.93 bits per heavy atom. The lowest BCUT2D eigenvalue weighted by molar-refractivity contribution is -0.118. The minimum absolute atomic E-state index is 0.0876. The van der Waals surface area contributed by atoms with Crippen LogP contribution in [0, 0.1) is 5.41 Å². The normalized spacial score (nSPS) is 21.6. The van der Waals surface area contributed by atoms with E-state index >= 15 is 0 Å². The maximum atomic E-state index is 13.2. The van der Waals surface area contributed by atoms with Gasteiger partial charge in [0.15, 0.2) is 23.1 Å². The summed E-state index contributed by atoms with van der Waals surface area (Å²) in [7, 11) is 0. The van der Waals surface area contributed by atoms with Crippen LogP contribution in [0.1, 0.15) is 50.5 Å². The molecule has 1 aromatic heterocycles. The Balaban J connectivity index is 1.64. The van der Waals surface area contributed by atoms with E-state index in [1.54, 1.807) is 4.68 Å². The molecule has 0 saturated carbocycles. The third kappa shape index (κ3) is 3.07. The van der Waals surface area contributed by atoms with Crippen LogP contribution < -0.4 is 14.8 Å². The van der Waals surface area contributed by atoms with E-state index < -0.39 is 0 Å². The first-order valence-electron chi connectivity index (χ1n) is 9.94. The van der Waals surface area contributed by atoms with Crippen LogP contribution in [0.4, 0.5) is 5.95 Å². The van der Waals surface area contributed by atoms with E-state index in [1.165, 1.54) is 0 Å². The van der Waals surface area contributed by atoms with Crippen molar-refractivity contribution in [2.24, 2.45) is 5.41 Å². The van der Waals surface area contributed by atoms with Crippen molar-refractivity contribution in [1.29, 1.82) is 0 Å². The van der Waals surface area contributed by atoms with Gasteiger partial charge in [0.05, 0.1) is 0 Å². The average molecular weight is 396 g/mol. The largest absolute Gasteiger partial charge is 0.454 e. The number of Topliss-reactive ketones (excluding diaryl/α,β-unsaturated/α-hetero) is 1. The van der Waals surface area contributed by atoms with Crippen molar-refractivity contribution in [3.8, 4) is 11.5 Å². The van der Waals surface area contributed by atoms with Gasteiger partial charge in [-0.15, -0.1) is 0 Å². The summed E-state index contributed by atoms with van der Waals surface area (Å²) >= 11 is 0. The molecule has 0 amide bonds. The first kappa shape index (κ1) is 18.2. The van der Waals surface area contributed by atoms with Gasteiger partial charge in [0, 0.05) is 30.7 Å². The molecule has 1 unspecified atom stereocenters. The quantitative estimate of drug-likeness (QED) is 0.820. The van der Waals surface area contributed by atoms with E-state index in [1.807, 2.05) is 18.2 Å². The van der Waals surface area contributed by atoms with Crippen molar-refractivity contribution in [2.45, 2.75) is 45.6 Å². The molecule has 1 aliphatic carbocycles. The van der Waals surface area contributed by atoms with Crippen LogP contribution in [0.3, 0.4) is 0 Å². The molecule has 0 saturated heterocycles. The van der Waals surface area contributed by atoms with Crippen LogP contribution in [0.2, 0.25) is 0 Å². The molecule has 8 nitrogen and oxygen atoms in total. The number of carbonyl (C=O) groups is 1.